The number of aromatic nitrogens is 1. The summed E-state index contributed by atoms with van der Waals surface area (Å²) in [6, 6.07) is 17.5. The highest BCUT2D eigenvalue weighted by Crippen LogP contribution is 2.28. The van der Waals surface area contributed by atoms with E-state index in [-0.39, 0.29) is 0 Å². The van der Waals surface area contributed by atoms with Gasteiger partial charge in [0, 0.05) is 30.2 Å². The first kappa shape index (κ1) is 15.1. The molecule has 3 aromatic rings. The molecule has 1 heterocycles. The topological polar surface area (TPSA) is 41.2 Å². The van der Waals surface area contributed by atoms with Crippen molar-refractivity contribution < 1.29 is 4.74 Å². The molecule has 0 atom stereocenters. The predicted octanol–water partition coefficient (Wildman–Crippen LogP) is 3.87. The quantitative estimate of drug-likeness (QED) is 0.718. The van der Waals surface area contributed by atoms with Gasteiger partial charge in [0.1, 0.15) is 17.6 Å². The van der Waals surface area contributed by atoms with Gasteiger partial charge in [-0.1, -0.05) is 12.1 Å². The van der Waals surface area contributed by atoms with Gasteiger partial charge in [-0.05, 0) is 50.5 Å². The van der Waals surface area contributed by atoms with Crippen molar-refractivity contribution in [3.05, 3.63) is 60.3 Å². The van der Waals surface area contributed by atoms with Gasteiger partial charge >= 0.3 is 0 Å². The van der Waals surface area contributed by atoms with Crippen molar-refractivity contribution in [2.24, 2.45) is 0 Å². The summed E-state index contributed by atoms with van der Waals surface area (Å²) in [6.45, 7) is 1.95. The summed E-state index contributed by atoms with van der Waals surface area (Å²) in [5.41, 5.74) is 1.73. The standard InChI is InChI=1S/C19H19N3O/c1-21(2)11-12-22-10-9-15-13-17(7-8-18(15)22)23-19-6-4-3-5-16(19)14-20/h3-10,13H,11-12H2,1-2H3. The van der Waals surface area contributed by atoms with Crippen LogP contribution in [-0.2, 0) is 6.54 Å². The van der Waals surface area contributed by atoms with E-state index in [1.807, 2.05) is 30.3 Å². The van der Waals surface area contributed by atoms with Crippen LogP contribution in [0, 0.1) is 11.3 Å². The van der Waals surface area contributed by atoms with Crippen molar-refractivity contribution in [2.75, 3.05) is 20.6 Å². The summed E-state index contributed by atoms with van der Waals surface area (Å²) >= 11 is 0. The van der Waals surface area contributed by atoms with Crippen LogP contribution in [0.2, 0.25) is 0 Å². The monoisotopic (exact) mass is 305 g/mol. The first-order valence-electron chi connectivity index (χ1n) is 7.58. The van der Waals surface area contributed by atoms with Crippen LogP contribution in [0.4, 0.5) is 0 Å². The lowest BCUT2D eigenvalue weighted by Gasteiger charge is -2.11. The molecule has 4 heteroatoms. The average molecular weight is 305 g/mol. The van der Waals surface area contributed by atoms with E-state index in [0.717, 1.165) is 24.2 Å². The van der Waals surface area contributed by atoms with Crippen molar-refractivity contribution in [2.45, 2.75) is 6.54 Å². The molecule has 0 aliphatic rings. The molecule has 0 aliphatic carbocycles. The van der Waals surface area contributed by atoms with Crippen molar-refractivity contribution >= 4 is 10.9 Å². The van der Waals surface area contributed by atoms with Gasteiger partial charge in [0.15, 0.2) is 0 Å². The van der Waals surface area contributed by atoms with E-state index in [1.54, 1.807) is 6.07 Å². The van der Waals surface area contributed by atoms with Gasteiger partial charge in [-0.15, -0.1) is 0 Å². The number of hydrogen-bond acceptors (Lipinski definition) is 3. The molecule has 0 spiro atoms. The molecular formula is C19H19N3O. The number of para-hydroxylation sites is 1. The average Bonchev–Trinajstić information content (AvgIpc) is 2.96. The van der Waals surface area contributed by atoms with Gasteiger partial charge in [0.25, 0.3) is 0 Å². The second-order valence-electron chi connectivity index (χ2n) is 5.74. The second-order valence-corrected chi connectivity index (χ2v) is 5.74. The Labute approximate surface area is 136 Å². The molecular weight excluding hydrogens is 286 g/mol. The Balaban J connectivity index is 1.85. The first-order valence-corrected chi connectivity index (χ1v) is 7.58. The molecule has 3 rings (SSSR count). The summed E-state index contributed by atoms with van der Waals surface area (Å²) in [4.78, 5) is 2.17. The molecule has 0 fully saturated rings. The Morgan fingerprint density at radius 2 is 1.96 bits per heavy atom. The van der Waals surface area contributed by atoms with Crippen molar-refractivity contribution in [3.63, 3.8) is 0 Å². The van der Waals surface area contributed by atoms with Gasteiger partial charge in [-0.25, -0.2) is 0 Å². The molecule has 0 amide bonds. The summed E-state index contributed by atoms with van der Waals surface area (Å²) < 4.78 is 8.11. The molecule has 0 saturated carbocycles. The molecule has 0 unspecified atom stereocenters. The van der Waals surface area contributed by atoms with Gasteiger partial charge < -0.3 is 14.2 Å². The highest BCUT2D eigenvalue weighted by Gasteiger charge is 2.06. The summed E-state index contributed by atoms with van der Waals surface area (Å²) in [6.07, 6.45) is 2.10. The number of benzene rings is 2. The molecule has 0 bridgehead atoms. The summed E-state index contributed by atoms with van der Waals surface area (Å²) in [7, 11) is 4.15. The lowest BCUT2D eigenvalue weighted by Crippen LogP contribution is -2.17. The van der Waals surface area contributed by atoms with Crippen LogP contribution in [0.1, 0.15) is 5.56 Å². The maximum Gasteiger partial charge on any atom is 0.145 e. The highest BCUT2D eigenvalue weighted by atomic mass is 16.5. The molecule has 116 valence electrons. The zero-order valence-corrected chi connectivity index (χ0v) is 13.4. The number of hydrogen-bond donors (Lipinski definition) is 0. The van der Waals surface area contributed by atoms with E-state index < -0.39 is 0 Å². The summed E-state index contributed by atoms with van der Waals surface area (Å²) in [5, 5.41) is 10.3. The van der Waals surface area contributed by atoms with Gasteiger partial charge in [0.05, 0.1) is 5.56 Å². The number of likely N-dealkylation sites (N-methyl/N-ethyl adjacent to an activating group) is 1. The number of fused-ring (bicyclic) bond motifs is 1. The van der Waals surface area contributed by atoms with Crippen LogP contribution in [-0.4, -0.2) is 30.1 Å². The Morgan fingerprint density at radius 3 is 2.74 bits per heavy atom. The Bertz CT molecular complexity index is 858. The van der Waals surface area contributed by atoms with Crippen molar-refractivity contribution in [1.29, 1.82) is 5.26 Å². The van der Waals surface area contributed by atoms with Crippen molar-refractivity contribution in [1.82, 2.24) is 9.47 Å². The van der Waals surface area contributed by atoms with E-state index >= 15 is 0 Å². The van der Waals surface area contributed by atoms with Crippen molar-refractivity contribution in [3.8, 4) is 17.6 Å². The molecule has 0 aliphatic heterocycles. The Hall–Kier alpha value is -2.77. The zero-order chi connectivity index (χ0) is 16.2. The van der Waals surface area contributed by atoms with Crippen LogP contribution >= 0.6 is 0 Å². The predicted molar refractivity (Wildman–Crippen MR) is 91.7 cm³/mol. The lowest BCUT2D eigenvalue weighted by molar-refractivity contribution is 0.387. The van der Waals surface area contributed by atoms with Crippen LogP contribution < -0.4 is 4.74 Å². The van der Waals surface area contributed by atoms with Crippen LogP contribution in [0.3, 0.4) is 0 Å². The fourth-order valence-corrected chi connectivity index (χ4v) is 2.52. The minimum Gasteiger partial charge on any atom is -0.456 e. The zero-order valence-electron chi connectivity index (χ0n) is 13.4. The molecule has 0 radical (unpaired) electrons. The minimum atomic E-state index is 0.538. The number of ether oxygens (including phenoxy) is 1. The maximum atomic E-state index is 9.14. The molecule has 23 heavy (non-hydrogen) atoms. The van der Waals surface area contributed by atoms with Gasteiger partial charge in [-0.3, -0.25) is 0 Å². The SMILES string of the molecule is CN(C)CCn1ccc2cc(Oc3ccccc3C#N)ccc21. The van der Waals surface area contributed by atoms with Crippen LogP contribution in [0.5, 0.6) is 11.5 Å². The van der Waals surface area contributed by atoms with E-state index in [0.29, 0.717) is 11.3 Å². The van der Waals surface area contributed by atoms with Gasteiger partial charge in [0.2, 0.25) is 0 Å². The van der Waals surface area contributed by atoms with E-state index in [2.05, 4.69) is 48.0 Å². The third-order valence-corrected chi connectivity index (χ3v) is 3.77. The number of nitriles is 1. The fraction of sp³-hybridized carbons (Fsp3) is 0.211. The smallest absolute Gasteiger partial charge is 0.145 e. The maximum absolute atomic E-state index is 9.14. The number of nitrogens with zero attached hydrogens (tertiary/aromatic N) is 3. The lowest BCUT2D eigenvalue weighted by atomic mass is 10.2. The highest BCUT2D eigenvalue weighted by molar-refractivity contribution is 5.81. The molecule has 2 aromatic carbocycles. The summed E-state index contributed by atoms with van der Waals surface area (Å²) in [5.74, 6) is 1.33. The second kappa shape index (κ2) is 6.55. The minimum absolute atomic E-state index is 0.538. The molecule has 4 nitrogen and oxygen atoms in total. The normalized spacial score (nSPS) is 10.9. The first-order chi connectivity index (χ1) is 11.2. The Kier molecular flexibility index (Phi) is 4.31. The third-order valence-electron chi connectivity index (χ3n) is 3.77. The van der Waals surface area contributed by atoms with Crippen LogP contribution in [0.15, 0.2) is 54.7 Å². The molecule has 0 saturated heterocycles. The largest absolute Gasteiger partial charge is 0.456 e. The fourth-order valence-electron chi connectivity index (χ4n) is 2.52. The van der Waals surface area contributed by atoms with Crippen LogP contribution in [0.25, 0.3) is 10.9 Å². The van der Waals surface area contributed by atoms with E-state index in [1.165, 1.54) is 5.52 Å². The Morgan fingerprint density at radius 1 is 1.13 bits per heavy atom. The van der Waals surface area contributed by atoms with E-state index in [9.17, 15) is 0 Å². The van der Waals surface area contributed by atoms with E-state index in [4.69, 9.17) is 10.00 Å². The molecule has 0 N–H and O–H groups in total. The van der Waals surface area contributed by atoms with Gasteiger partial charge in [-0.2, -0.15) is 5.26 Å². The third kappa shape index (κ3) is 3.36. The number of rotatable bonds is 5. The molecule has 1 aromatic heterocycles.